The SMILES string of the molecule is CCCCCCCCCCCCc1c(O)c(C(=O)O)cc2ccccc12. The summed E-state index contributed by atoms with van der Waals surface area (Å²) in [5.74, 6) is -1.13. The third kappa shape index (κ3) is 5.76. The van der Waals surface area contributed by atoms with Crippen LogP contribution >= 0.6 is 0 Å². The van der Waals surface area contributed by atoms with E-state index in [9.17, 15) is 15.0 Å². The highest BCUT2D eigenvalue weighted by atomic mass is 16.4. The Labute approximate surface area is 157 Å². The molecule has 0 aliphatic carbocycles. The molecule has 0 aliphatic heterocycles. The Kier molecular flexibility index (Phi) is 8.46. The first-order valence-electron chi connectivity index (χ1n) is 10.1. The van der Waals surface area contributed by atoms with Gasteiger partial charge in [-0.25, -0.2) is 4.79 Å². The fourth-order valence-electron chi connectivity index (χ4n) is 3.62. The maximum absolute atomic E-state index is 11.4. The van der Waals surface area contributed by atoms with E-state index in [4.69, 9.17) is 0 Å². The number of aryl methyl sites for hydroxylation is 1. The standard InChI is InChI=1S/C23H32O3/c1-2-3-4-5-6-7-8-9-10-11-16-20-19-15-13-12-14-18(19)17-21(22(20)24)23(25)26/h12-15,17,24H,2-11,16H2,1H3,(H,25,26). The first-order chi connectivity index (χ1) is 12.6. The van der Waals surface area contributed by atoms with E-state index in [0.717, 1.165) is 35.6 Å². The molecule has 0 unspecified atom stereocenters. The van der Waals surface area contributed by atoms with Gasteiger partial charge in [0.25, 0.3) is 0 Å². The second-order valence-electron chi connectivity index (χ2n) is 7.21. The summed E-state index contributed by atoms with van der Waals surface area (Å²) in [4.78, 5) is 11.4. The fraction of sp³-hybridized carbons (Fsp3) is 0.522. The molecule has 3 heteroatoms. The fourth-order valence-corrected chi connectivity index (χ4v) is 3.62. The Morgan fingerprint density at radius 2 is 1.46 bits per heavy atom. The number of hydrogen-bond acceptors (Lipinski definition) is 2. The first kappa shape index (κ1) is 20.3. The molecule has 3 nitrogen and oxygen atoms in total. The number of aromatic carboxylic acids is 1. The number of fused-ring (bicyclic) bond motifs is 1. The monoisotopic (exact) mass is 356 g/mol. The molecule has 2 rings (SSSR count). The lowest BCUT2D eigenvalue weighted by Crippen LogP contribution is -2.00. The third-order valence-electron chi connectivity index (χ3n) is 5.14. The number of carboxylic acids is 1. The van der Waals surface area contributed by atoms with Crippen molar-refractivity contribution >= 4 is 16.7 Å². The molecule has 0 aromatic heterocycles. The molecule has 26 heavy (non-hydrogen) atoms. The van der Waals surface area contributed by atoms with Gasteiger partial charge in [-0.15, -0.1) is 0 Å². The van der Waals surface area contributed by atoms with Crippen LogP contribution in [-0.2, 0) is 6.42 Å². The molecular weight excluding hydrogens is 324 g/mol. The van der Waals surface area contributed by atoms with Crippen LogP contribution in [0.2, 0.25) is 0 Å². The molecule has 0 radical (unpaired) electrons. The molecule has 0 amide bonds. The summed E-state index contributed by atoms with van der Waals surface area (Å²) in [5, 5.41) is 21.6. The van der Waals surface area contributed by atoms with Gasteiger partial charge in [0.2, 0.25) is 0 Å². The van der Waals surface area contributed by atoms with E-state index in [1.165, 1.54) is 51.4 Å². The highest BCUT2D eigenvalue weighted by Crippen LogP contribution is 2.32. The summed E-state index contributed by atoms with van der Waals surface area (Å²) in [6.45, 7) is 2.24. The second-order valence-corrected chi connectivity index (χ2v) is 7.21. The van der Waals surface area contributed by atoms with Crippen molar-refractivity contribution in [3.05, 3.63) is 41.5 Å². The lowest BCUT2D eigenvalue weighted by Gasteiger charge is -2.12. The van der Waals surface area contributed by atoms with E-state index in [1.54, 1.807) is 6.07 Å². The van der Waals surface area contributed by atoms with E-state index in [2.05, 4.69) is 6.92 Å². The van der Waals surface area contributed by atoms with Gasteiger partial charge < -0.3 is 10.2 Å². The van der Waals surface area contributed by atoms with Crippen molar-refractivity contribution in [1.29, 1.82) is 0 Å². The lowest BCUT2D eigenvalue weighted by molar-refractivity contribution is 0.0693. The van der Waals surface area contributed by atoms with Gasteiger partial charge in [0, 0.05) is 5.56 Å². The molecular formula is C23H32O3. The van der Waals surface area contributed by atoms with Gasteiger partial charge >= 0.3 is 5.97 Å². The minimum absolute atomic E-state index is 0.00535. The van der Waals surface area contributed by atoms with Crippen molar-refractivity contribution in [1.82, 2.24) is 0 Å². The number of aromatic hydroxyl groups is 1. The average Bonchev–Trinajstić information content (AvgIpc) is 2.64. The Hall–Kier alpha value is -2.03. The van der Waals surface area contributed by atoms with E-state index in [-0.39, 0.29) is 11.3 Å². The van der Waals surface area contributed by atoms with Crippen LogP contribution in [-0.4, -0.2) is 16.2 Å². The van der Waals surface area contributed by atoms with Gasteiger partial charge in [0.15, 0.2) is 0 Å². The van der Waals surface area contributed by atoms with Crippen molar-refractivity contribution in [3.8, 4) is 5.75 Å². The second kappa shape index (κ2) is 10.8. The minimum Gasteiger partial charge on any atom is -0.507 e. The summed E-state index contributed by atoms with van der Waals surface area (Å²) in [6, 6.07) is 9.27. The van der Waals surface area contributed by atoms with Gasteiger partial charge in [-0.1, -0.05) is 89.0 Å². The summed E-state index contributed by atoms with van der Waals surface area (Å²) in [7, 11) is 0. The van der Waals surface area contributed by atoms with Crippen molar-refractivity contribution in [2.75, 3.05) is 0 Å². The maximum atomic E-state index is 11.4. The van der Waals surface area contributed by atoms with Gasteiger partial charge in [0.1, 0.15) is 11.3 Å². The molecule has 0 saturated heterocycles. The molecule has 142 valence electrons. The normalized spacial score (nSPS) is 11.1. The quantitative estimate of drug-likeness (QED) is 0.416. The van der Waals surface area contributed by atoms with Crippen LogP contribution in [0.4, 0.5) is 0 Å². The van der Waals surface area contributed by atoms with Crippen molar-refractivity contribution in [2.45, 2.75) is 77.6 Å². The zero-order valence-electron chi connectivity index (χ0n) is 16.0. The third-order valence-corrected chi connectivity index (χ3v) is 5.14. The van der Waals surface area contributed by atoms with Crippen LogP contribution in [0.1, 0.15) is 87.1 Å². The van der Waals surface area contributed by atoms with Gasteiger partial charge in [-0.3, -0.25) is 0 Å². The van der Waals surface area contributed by atoms with Crippen LogP contribution in [0.25, 0.3) is 10.8 Å². The summed E-state index contributed by atoms with van der Waals surface area (Å²) in [5.41, 5.74) is 0.783. The Morgan fingerprint density at radius 1 is 0.885 bits per heavy atom. The zero-order chi connectivity index (χ0) is 18.8. The molecule has 0 saturated carbocycles. The van der Waals surface area contributed by atoms with Crippen LogP contribution < -0.4 is 0 Å². The molecule has 2 aromatic rings. The lowest BCUT2D eigenvalue weighted by atomic mass is 9.95. The topological polar surface area (TPSA) is 57.5 Å². The van der Waals surface area contributed by atoms with E-state index in [0.29, 0.717) is 0 Å². The highest BCUT2D eigenvalue weighted by molar-refractivity contribution is 5.99. The Balaban J connectivity index is 1.85. The van der Waals surface area contributed by atoms with Gasteiger partial charge in [0.05, 0.1) is 0 Å². The molecule has 0 heterocycles. The molecule has 0 atom stereocenters. The molecule has 0 fully saturated rings. The Bertz CT molecular complexity index is 706. The van der Waals surface area contributed by atoms with Crippen LogP contribution in [0, 0.1) is 0 Å². The van der Waals surface area contributed by atoms with Crippen molar-refractivity contribution < 1.29 is 15.0 Å². The summed E-state index contributed by atoms with van der Waals surface area (Å²) in [6.07, 6.45) is 13.3. The number of benzene rings is 2. The number of carboxylic acid groups (broad SMARTS) is 1. The number of hydrogen-bond donors (Lipinski definition) is 2. The van der Waals surface area contributed by atoms with Crippen LogP contribution in [0.3, 0.4) is 0 Å². The molecule has 2 N–H and O–H groups in total. The number of rotatable bonds is 12. The zero-order valence-corrected chi connectivity index (χ0v) is 16.0. The van der Waals surface area contributed by atoms with Gasteiger partial charge in [-0.05, 0) is 29.7 Å². The van der Waals surface area contributed by atoms with E-state index in [1.807, 2.05) is 24.3 Å². The molecule has 2 aromatic carbocycles. The Morgan fingerprint density at radius 3 is 2.08 bits per heavy atom. The maximum Gasteiger partial charge on any atom is 0.339 e. The first-order valence-corrected chi connectivity index (χ1v) is 10.1. The number of phenols is 1. The highest BCUT2D eigenvalue weighted by Gasteiger charge is 2.16. The van der Waals surface area contributed by atoms with Crippen LogP contribution in [0.15, 0.2) is 30.3 Å². The van der Waals surface area contributed by atoms with Crippen molar-refractivity contribution in [3.63, 3.8) is 0 Å². The predicted octanol–water partition coefficient (Wildman–Crippen LogP) is 6.71. The molecule has 0 aliphatic rings. The largest absolute Gasteiger partial charge is 0.507 e. The summed E-state index contributed by atoms with van der Waals surface area (Å²) < 4.78 is 0. The average molecular weight is 357 g/mol. The number of carbonyl (C=O) groups is 1. The molecule has 0 spiro atoms. The van der Waals surface area contributed by atoms with E-state index < -0.39 is 5.97 Å². The summed E-state index contributed by atoms with van der Waals surface area (Å²) >= 11 is 0. The van der Waals surface area contributed by atoms with Crippen molar-refractivity contribution in [2.24, 2.45) is 0 Å². The molecule has 0 bridgehead atoms. The van der Waals surface area contributed by atoms with Gasteiger partial charge in [-0.2, -0.15) is 0 Å². The minimum atomic E-state index is -1.07. The predicted molar refractivity (Wildman–Crippen MR) is 108 cm³/mol. The number of unbranched alkanes of at least 4 members (excludes halogenated alkanes) is 9. The smallest absolute Gasteiger partial charge is 0.339 e. The van der Waals surface area contributed by atoms with Crippen LogP contribution in [0.5, 0.6) is 5.75 Å². The van der Waals surface area contributed by atoms with E-state index >= 15 is 0 Å².